The van der Waals surface area contributed by atoms with Crippen LogP contribution >= 0.6 is 0 Å². The minimum Gasteiger partial charge on any atom is -0.398 e. The van der Waals surface area contributed by atoms with Gasteiger partial charge in [0.15, 0.2) is 0 Å². The fourth-order valence-corrected chi connectivity index (χ4v) is 2.18. The summed E-state index contributed by atoms with van der Waals surface area (Å²) in [6.07, 6.45) is 1.25. The normalized spacial score (nSPS) is 19.6. The van der Waals surface area contributed by atoms with E-state index < -0.39 is 0 Å². The van der Waals surface area contributed by atoms with Crippen LogP contribution in [0.3, 0.4) is 0 Å². The Kier molecular flexibility index (Phi) is 3.64. The molecule has 0 bridgehead atoms. The summed E-state index contributed by atoms with van der Waals surface area (Å²) >= 11 is 0. The van der Waals surface area contributed by atoms with Gasteiger partial charge in [-0.25, -0.2) is 0 Å². The third kappa shape index (κ3) is 2.77. The second-order valence-electron chi connectivity index (χ2n) is 4.55. The monoisotopic (exact) mass is 234 g/mol. The van der Waals surface area contributed by atoms with E-state index in [0.29, 0.717) is 18.7 Å². The summed E-state index contributed by atoms with van der Waals surface area (Å²) < 4.78 is 0. The molecule has 2 rings (SSSR count). The highest BCUT2D eigenvalue weighted by molar-refractivity contribution is 5.80. The van der Waals surface area contributed by atoms with Gasteiger partial charge in [-0.15, -0.1) is 0 Å². The number of aliphatic hydroxyl groups excluding tert-OH is 1. The molecule has 92 valence electrons. The van der Waals surface area contributed by atoms with Crippen molar-refractivity contribution in [3.63, 3.8) is 0 Å². The second-order valence-corrected chi connectivity index (χ2v) is 4.55. The Labute approximate surface area is 101 Å². The number of nitrogens with zero attached hydrogens (tertiary/aromatic N) is 1. The van der Waals surface area contributed by atoms with Gasteiger partial charge in [0.1, 0.15) is 0 Å². The smallest absolute Gasteiger partial charge is 0.227 e. The first kappa shape index (κ1) is 11.9. The van der Waals surface area contributed by atoms with Gasteiger partial charge in [-0.1, -0.05) is 18.2 Å². The summed E-state index contributed by atoms with van der Waals surface area (Å²) in [5, 5.41) is 9.04. The third-order valence-electron chi connectivity index (χ3n) is 3.29. The van der Waals surface area contributed by atoms with E-state index >= 15 is 0 Å². The minimum atomic E-state index is 0.0962. The van der Waals surface area contributed by atoms with Crippen molar-refractivity contribution in [3.8, 4) is 0 Å². The van der Waals surface area contributed by atoms with Crippen LogP contribution in [0.5, 0.6) is 0 Å². The van der Waals surface area contributed by atoms with Gasteiger partial charge in [0.25, 0.3) is 0 Å². The van der Waals surface area contributed by atoms with E-state index in [1.54, 1.807) is 0 Å². The quantitative estimate of drug-likeness (QED) is 0.755. The summed E-state index contributed by atoms with van der Waals surface area (Å²) in [5.74, 6) is 0.339. The number of carbonyl (C=O) groups excluding carboxylic acids is 1. The topological polar surface area (TPSA) is 66.6 Å². The number of amides is 1. The lowest BCUT2D eigenvalue weighted by atomic mass is 10.1. The molecule has 0 spiro atoms. The van der Waals surface area contributed by atoms with Gasteiger partial charge in [0, 0.05) is 31.3 Å². The number of aliphatic hydroxyl groups is 1. The number of anilines is 1. The number of nitrogens with two attached hydrogens (primary N) is 1. The van der Waals surface area contributed by atoms with Crippen molar-refractivity contribution in [2.75, 3.05) is 25.4 Å². The zero-order chi connectivity index (χ0) is 12.3. The Hall–Kier alpha value is -1.55. The standard InChI is InChI=1S/C13H18N2O2/c14-12-4-2-1-3-11(12)7-13(17)15-6-5-10(8-15)9-16/h1-4,10,16H,5-9,14H2. The number of hydrogen-bond donors (Lipinski definition) is 2. The van der Waals surface area contributed by atoms with Crippen molar-refractivity contribution in [2.24, 2.45) is 5.92 Å². The Balaban J connectivity index is 1.96. The zero-order valence-electron chi connectivity index (χ0n) is 9.80. The third-order valence-corrected chi connectivity index (χ3v) is 3.29. The molecule has 4 heteroatoms. The first-order valence-electron chi connectivity index (χ1n) is 5.92. The number of benzene rings is 1. The van der Waals surface area contributed by atoms with Crippen LogP contribution in [-0.2, 0) is 11.2 Å². The summed E-state index contributed by atoms with van der Waals surface area (Å²) in [7, 11) is 0. The van der Waals surface area contributed by atoms with Crippen molar-refractivity contribution in [2.45, 2.75) is 12.8 Å². The molecular formula is C13H18N2O2. The van der Waals surface area contributed by atoms with Crippen molar-refractivity contribution < 1.29 is 9.90 Å². The van der Waals surface area contributed by atoms with E-state index in [2.05, 4.69) is 0 Å². The number of likely N-dealkylation sites (tertiary alicyclic amines) is 1. The fourth-order valence-electron chi connectivity index (χ4n) is 2.18. The van der Waals surface area contributed by atoms with Crippen molar-refractivity contribution in [1.82, 2.24) is 4.90 Å². The lowest BCUT2D eigenvalue weighted by Crippen LogP contribution is -2.30. The van der Waals surface area contributed by atoms with Crippen LogP contribution in [0, 0.1) is 5.92 Å². The maximum absolute atomic E-state index is 12.0. The summed E-state index contributed by atoms with van der Waals surface area (Å²) in [5.41, 5.74) is 7.36. The van der Waals surface area contributed by atoms with Crippen molar-refractivity contribution in [3.05, 3.63) is 29.8 Å². The number of carbonyl (C=O) groups is 1. The molecule has 1 heterocycles. The molecule has 0 saturated carbocycles. The molecule has 1 aromatic carbocycles. The summed E-state index contributed by atoms with van der Waals surface area (Å²) in [4.78, 5) is 13.8. The molecule has 1 atom stereocenters. The molecule has 3 N–H and O–H groups in total. The molecule has 0 radical (unpaired) electrons. The van der Waals surface area contributed by atoms with Crippen LogP contribution in [0.25, 0.3) is 0 Å². The van der Waals surface area contributed by atoms with Gasteiger partial charge in [0.05, 0.1) is 6.42 Å². The van der Waals surface area contributed by atoms with Crippen LogP contribution in [0.15, 0.2) is 24.3 Å². The molecule has 1 fully saturated rings. The first-order valence-corrected chi connectivity index (χ1v) is 5.92. The molecule has 1 amide bonds. The molecule has 1 aromatic rings. The highest BCUT2D eigenvalue weighted by atomic mass is 16.3. The van der Waals surface area contributed by atoms with Crippen molar-refractivity contribution in [1.29, 1.82) is 0 Å². The Morgan fingerprint density at radius 2 is 2.24 bits per heavy atom. The highest BCUT2D eigenvalue weighted by Gasteiger charge is 2.25. The van der Waals surface area contributed by atoms with Crippen LogP contribution in [0.1, 0.15) is 12.0 Å². The van der Waals surface area contributed by atoms with Crippen LogP contribution < -0.4 is 5.73 Å². The van der Waals surface area contributed by atoms with E-state index in [9.17, 15) is 4.79 Å². The summed E-state index contributed by atoms with van der Waals surface area (Å²) in [6.45, 7) is 1.58. The average Bonchev–Trinajstić information content (AvgIpc) is 2.81. The molecule has 17 heavy (non-hydrogen) atoms. The van der Waals surface area contributed by atoms with E-state index in [4.69, 9.17) is 10.8 Å². The lowest BCUT2D eigenvalue weighted by Gasteiger charge is -2.16. The van der Waals surface area contributed by atoms with Gasteiger partial charge in [-0.3, -0.25) is 4.79 Å². The highest BCUT2D eigenvalue weighted by Crippen LogP contribution is 2.18. The van der Waals surface area contributed by atoms with E-state index in [1.807, 2.05) is 29.2 Å². The fraction of sp³-hybridized carbons (Fsp3) is 0.462. The summed E-state index contributed by atoms with van der Waals surface area (Å²) in [6, 6.07) is 7.44. The largest absolute Gasteiger partial charge is 0.398 e. The Morgan fingerprint density at radius 1 is 1.47 bits per heavy atom. The van der Waals surface area contributed by atoms with Gasteiger partial charge < -0.3 is 15.7 Å². The van der Waals surface area contributed by atoms with E-state index in [1.165, 1.54) is 0 Å². The number of rotatable bonds is 3. The number of nitrogen functional groups attached to an aromatic ring is 1. The SMILES string of the molecule is Nc1ccccc1CC(=O)N1CCC(CO)C1. The molecular weight excluding hydrogens is 216 g/mol. The van der Waals surface area contributed by atoms with Gasteiger partial charge >= 0.3 is 0 Å². The van der Waals surface area contributed by atoms with Crippen LogP contribution in [0.2, 0.25) is 0 Å². The van der Waals surface area contributed by atoms with Crippen LogP contribution in [-0.4, -0.2) is 35.6 Å². The molecule has 0 aliphatic carbocycles. The molecule has 1 aliphatic heterocycles. The van der Waals surface area contributed by atoms with Gasteiger partial charge in [0.2, 0.25) is 5.91 Å². The van der Waals surface area contributed by atoms with E-state index in [0.717, 1.165) is 18.5 Å². The maximum atomic E-state index is 12.0. The average molecular weight is 234 g/mol. The first-order chi connectivity index (χ1) is 8.20. The maximum Gasteiger partial charge on any atom is 0.227 e. The zero-order valence-corrected chi connectivity index (χ0v) is 9.80. The van der Waals surface area contributed by atoms with Gasteiger partial charge in [-0.05, 0) is 18.1 Å². The van der Waals surface area contributed by atoms with Gasteiger partial charge in [-0.2, -0.15) is 0 Å². The minimum absolute atomic E-state index is 0.0962. The molecule has 4 nitrogen and oxygen atoms in total. The predicted octanol–water partition coefficient (Wildman–Crippen LogP) is 0.652. The predicted molar refractivity (Wildman–Crippen MR) is 66.3 cm³/mol. The molecule has 1 unspecified atom stereocenters. The number of hydrogen-bond acceptors (Lipinski definition) is 3. The molecule has 0 aromatic heterocycles. The lowest BCUT2D eigenvalue weighted by molar-refractivity contribution is -0.129. The molecule has 1 saturated heterocycles. The van der Waals surface area contributed by atoms with E-state index in [-0.39, 0.29) is 18.4 Å². The molecule has 1 aliphatic rings. The number of para-hydroxylation sites is 1. The Bertz CT molecular complexity index is 406. The second kappa shape index (κ2) is 5.19. The van der Waals surface area contributed by atoms with Crippen molar-refractivity contribution >= 4 is 11.6 Å². The Morgan fingerprint density at radius 3 is 2.88 bits per heavy atom. The van der Waals surface area contributed by atoms with Crippen LogP contribution in [0.4, 0.5) is 5.69 Å².